The second-order valence-electron chi connectivity index (χ2n) is 5.46. The third kappa shape index (κ3) is 6.16. The number of carbonyl (C=O) groups excluding carboxylic acids is 1. The van der Waals surface area contributed by atoms with Gasteiger partial charge in [-0.15, -0.1) is 0 Å². The van der Waals surface area contributed by atoms with Gasteiger partial charge in [-0.05, 0) is 24.1 Å². The van der Waals surface area contributed by atoms with Crippen LogP contribution in [-0.2, 0) is 6.54 Å². The van der Waals surface area contributed by atoms with E-state index in [1.165, 1.54) is 12.8 Å². The Kier molecular flexibility index (Phi) is 8.04. The molecule has 0 saturated heterocycles. The summed E-state index contributed by atoms with van der Waals surface area (Å²) in [4.78, 5) is 17.6. The lowest BCUT2D eigenvalue weighted by molar-refractivity contribution is 0.0827. The summed E-state index contributed by atoms with van der Waals surface area (Å²) in [5.41, 5.74) is 1.82. The topological polar surface area (TPSA) is 56.7 Å². The number of guanidine groups is 1. The standard InChI is InChI=1S/C17H28N4O/c1-5-6-7-12-19-17(18-2)20-13-14-8-10-15(11-9-14)16(22)21(3)4/h8-11H,5-7,12-13H2,1-4H3,(H2,18,19,20). The first kappa shape index (κ1) is 18.0. The molecule has 0 bridgehead atoms. The maximum absolute atomic E-state index is 11.8. The minimum Gasteiger partial charge on any atom is -0.356 e. The number of nitrogens with zero attached hydrogens (tertiary/aromatic N) is 2. The van der Waals surface area contributed by atoms with E-state index in [2.05, 4.69) is 22.5 Å². The summed E-state index contributed by atoms with van der Waals surface area (Å²) in [6, 6.07) is 7.65. The first-order valence-electron chi connectivity index (χ1n) is 7.83. The molecule has 0 aliphatic heterocycles. The molecular formula is C17H28N4O. The van der Waals surface area contributed by atoms with E-state index in [9.17, 15) is 4.79 Å². The number of benzene rings is 1. The molecule has 0 heterocycles. The van der Waals surface area contributed by atoms with Crippen LogP contribution in [0.3, 0.4) is 0 Å². The molecule has 0 aliphatic carbocycles. The van der Waals surface area contributed by atoms with Crippen molar-refractivity contribution in [3.05, 3.63) is 35.4 Å². The first-order valence-corrected chi connectivity index (χ1v) is 7.83. The van der Waals surface area contributed by atoms with E-state index in [0.29, 0.717) is 12.1 Å². The summed E-state index contributed by atoms with van der Waals surface area (Å²) in [5.74, 6) is 0.831. The third-order valence-electron chi connectivity index (χ3n) is 3.36. The number of carbonyl (C=O) groups is 1. The highest BCUT2D eigenvalue weighted by molar-refractivity contribution is 5.93. The fourth-order valence-electron chi connectivity index (χ4n) is 2.01. The summed E-state index contributed by atoms with van der Waals surface area (Å²) >= 11 is 0. The molecule has 0 aromatic heterocycles. The molecule has 0 aliphatic rings. The molecule has 0 atom stereocenters. The SMILES string of the molecule is CCCCCNC(=NC)NCc1ccc(C(=O)N(C)C)cc1. The summed E-state index contributed by atoms with van der Waals surface area (Å²) in [6.07, 6.45) is 3.59. The largest absolute Gasteiger partial charge is 0.356 e. The predicted molar refractivity (Wildman–Crippen MR) is 92.2 cm³/mol. The van der Waals surface area contributed by atoms with Crippen molar-refractivity contribution in [2.45, 2.75) is 32.7 Å². The quantitative estimate of drug-likeness (QED) is 0.461. The van der Waals surface area contributed by atoms with Gasteiger partial charge in [0.15, 0.2) is 5.96 Å². The monoisotopic (exact) mass is 304 g/mol. The number of aliphatic imine (C=N–C) groups is 1. The zero-order valence-corrected chi connectivity index (χ0v) is 14.1. The molecule has 1 aromatic carbocycles. The van der Waals surface area contributed by atoms with Crippen molar-refractivity contribution in [2.75, 3.05) is 27.7 Å². The van der Waals surface area contributed by atoms with Gasteiger partial charge in [0, 0.05) is 39.8 Å². The van der Waals surface area contributed by atoms with Gasteiger partial charge in [-0.3, -0.25) is 9.79 Å². The smallest absolute Gasteiger partial charge is 0.253 e. The van der Waals surface area contributed by atoms with Gasteiger partial charge in [-0.1, -0.05) is 31.9 Å². The number of hydrogen-bond donors (Lipinski definition) is 2. The summed E-state index contributed by atoms with van der Waals surface area (Å²) in [5, 5.41) is 6.57. The average Bonchev–Trinajstić information content (AvgIpc) is 2.54. The van der Waals surface area contributed by atoms with Crippen LogP contribution in [0.2, 0.25) is 0 Å². The van der Waals surface area contributed by atoms with E-state index >= 15 is 0 Å². The Morgan fingerprint density at radius 2 is 1.82 bits per heavy atom. The molecule has 5 nitrogen and oxygen atoms in total. The fourth-order valence-corrected chi connectivity index (χ4v) is 2.01. The molecule has 5 heteroatoms. The van der Waals surface area contributed by atoms with E-state index in [1.54, 1.807) is 26.0 Å². The van der Waals surface area contributed by atoms with Crippen LogP contribution in [0, 0.1) is 0 Å². The van der Waals surface area contributed by atoms with Crippen molar-refractivity contribution in [1.29, 1.82) is 0 Å². The van der Waals surface area contributed by atoms with E-state index < -0.39 is 0 Å². The normalized spacial score (nSPS) is 11.2. The van der Waals surface area contributed by atoms with Gasteiger partial charge in [0.1, 0.15) is 0 Å². The fraction of sp³-hybridized carbons (Fsp3) is 0.529. The highest BCUT2D eigenvalue weighted by atomic mass is 16.2. The molecule has 1 rings (SSSR count). The minimum atomic E-state index is 0.0212. The number of nitrogens with one attached hydrogen (secondary N) is 2. The lowest BCUT2D eigenvalue weighted by Gasteiger charge is -2.13. The van der Waals surface area contributed by atoms with E-state index in [-0.39, 0.29) is 5.91 Å². The Balaban J connectivity index is 2.45. The number of amides is 1. The Morgan fingerprint density at radius 3 is 2.36 bits per heavy atom. The van der Waals surface area contributed by atoms with Crippen LogP contribution < -0.4 is 10.6 Å². The molecule has 0 saturated carbocycles. The summed E-state index contributed by atoms with van der Waals surface area (Å²) < 4.78 is 0. The van der Waals surface area contributed by atoms with Gasteiger partial charge in [0.05, 0.1) is 0 Å². The Labute approximate surface area is 133 Å². The maximum Gasteiger partial charge on any atom is 0.253 e. The van der Waals surface area contributed by atoms with Crippen molar-refractivity contribution >= 4 is 11.9 Å². The zero-order chi connectivity index (χ0) is 16.4. The van der Waals surface area contributed by atoms with Gasteiger partial charge in [-0.2, -0.15) is 0 Å². The van der Waals surface area contributed by atoms with Crippen LogP contribution in [0.1, 0.15) is 42.1 Å². The van der Waals surface area contributed by atoms with Crippen molar-refractivity contribution in [2.24, 2.45) is 4.99 Å². The predicted octanol–water partition coefficient (Wildman–Crippen LogP) is 2.24. The van der Waals surface area contributed by atoms with Gasteiger partial charge in [0.2, 0.25) is 0 Å². The molecule has 0 spiro atoms. The second-order valence-corrected chi connectivity index (χ2v) is 5.46. The van der Waals surface area contributed by atoms with Crippen LogP contribution in [-0.4, -0.2) is 44.5 Å². The number of hydrogen-bond acceptors (Lipinski definition) is 2. The van der Waals surface area contributed by atoms with E-state index in [4.69, 9.17) is 0 Å². The summed E-state index contributed by atoms with van der Waals surface area (Å²) in [6.45, 7) is 3.81. The van der Waals surface area contributed by atoms with Crippen molar-refractivity contribution in [3.63, 3.8) is 0 Å². The molecule has 22 heavy (non-hydrogen) atoms. The summed E-state index contributed by atoms with van der Waals surface area (Å²) in [7, 11) is 5.28. The molecule has 0 unspecified atom stereocenters. The highest BCUT2D eigenvalue weighted by Gasteiger charge is 2.07. The Hall–Kier alpha value is -2.04. The van der Waals surface area contributed by atoms with Crippen molar-refractivity contribution in [1.82, 2.24) is 15.5 Å². The molecule has 1 amide bonds. The van der Waals surface area contributed by atoms with Crippen LogP contribution in [0.25, 0.3) is 0 Å². The lowest BCUT2D eigenvalue weighted by atomic mass is 10.1. The maximum atomic E-state index is 11.8. The third-order valence-corrected chi connectivity index (χ3v) is 3.36. The minimum absolute atomic E-state index is 0.0212. The molecule has 0 radical (unpaired) electrons. The molecule has 2 N–H and O–H groups in total. The zero-order valence-electron chi connectivity index (χ0n) is 14.1. The van der Waals surface area contributed by atoms with Crippen LogP contribution in [0.15, 0.2) is 29.3 Å². The second kappa shape index (κ2) is 9.82. The Morgan fingerprint density at radius 1 is 1.14 bits per heavy atom. The van der Waals surface area contributed by atoms with Crippen molar-refractivity contribution in [3.8, 4) is 0 Å². The van der Waals surface area contributed by atoms with E-state index in [1.807, 2.05) is 24.3 Å². The van der Waals surface area contributed by atoms with Crippen LogP contribution in [0.4, 0.5) is 0 Å². The average molecular weight is 304 g/mol. The van der Waals surface area contributed by atoms with Gasteiger partial charge >= 0.3 is 0 Å². The molecular weight excluding hydrogens is 276 g/mol. The van der Waals surface area contributed by atoms with Gasteiger partial charge < -0.3 is 15.5 Å². The molecule has 0 fully saturated rings. The van der Waals surface area contributed by atoms with Crippen LogP contribution in [0.5, 0.6) is 0 Å². The van der Waals surface area contributed by atoms with Gasteiger partial charge in [-0.25, -0.2) is 0 Å². The lowest BCUT2D eigenvalue weighted by Crippen LogP contribution is -2.37. The number of rotatable bonds is 7. The Bertz CT molecular complexity index is 480. The van der Waals surface area contributed by atoms with Gasteiger partial charge in [0.25, 0.3) is 5.91 Å². The number of unbranched alkanes of at least 4 members (excludes halogenated alkanes) is 2. The van der Waals surface area contributed by atoms with Crippen LogP contribution >= 0.6 is 0 Å². The van der Waals surface area contributed by atoms with Crippen molar-refractivity contribution < 1.29 is 4.79 Å². The highest BCUT2D eigenvalue weighted by Crippen LogP contribution is 2.06. The molecule has 1 aromatic rings. The van der Waals surface area contributed by atoms with E-state index in [0.717, 1.165) is 24.5 Å². The molecule has 122 valence electrons. The first-order chi connectivity index (χ1) is 10.6.